The molecule has 2 aliphatic heterocycles. The Labute approximate surface area is 213 Å². The van der Waals surface area contributed by atoms with E-state index in [4.69, 9.17) is 10.3 Å². The van der Waals surface area contributed by atoms with Gasteiger partial charge in [0.05, 0.1) is 6.10 Å². The molecule has 7 unspecified atom stereocenters. The number of piperidine rings is 1. The lowest BCUT2D eigenvalue weighted by Gasteiger charge is -2.58. The van der Waals surface area contributed by atoms with Crippen LogP contribution in [0.15, 0.2) is 16.8 Å². The molecule has 6 aliphatic rings. The number of hydrogen-bond acceptors (Lipinski definition) is 3. The van der Waals surface area contributed by atoms with Gasteiger partial charge in [0.2, 0.25) is 0 Å². The van der Waals surface area contributed by atoms with Crippen LogP contribution in [0.5, 0.6) is 0 Å². The molecule has 0 N–H and O–H groups in total. The molecule has 5 fully saturated rings. The predicted molar refractivity (Wildman–Crippen MR) is 141 cm³/mol. The number of ether oxygens (including phenoxy) is 1. The zero-order valence-corrected chi connectivity index (χ0v) is 22.7. The summed E-state index contributed by atoms with van der Waals surface area (Å²) in [7, 11) is 0. The molecule has 0 aromatic rings. The fourth-order valence-electron chi connectivity index (χ4n) is 10.9. The van der Waals surface area contributed by atoms with E-state index in [2.05, 4.69) is 48.7 Å². The van der Waals surface area contributed by atoms with E-state index in [0.717, 1.165) is 67.0 Å². The van der Waals surface area contributed by atoms with Crippen molar-refractivity contribution in [1.29, 1.82) is 0 Å². The summed E-state index contributed by atoms with van der Waals surface area (Å²) in [6, 6.07) is 1.73. The molecule has 3 saturated carbocycles. The molecule has 35 heavy (non-hydrogen) atoms. The number of rotatable bonds is 5. The van der Waals surface area contributed by atoms with E-state index >= 15 is 0 Å². The molecule has 2 heterocycles. The lowest BCUT2D eigenvalue weighted by Crippen LogP contribution is -2.51. The molecular formula is C30H48N4O. The van der Waals surface area contributed by atoms with Gasteiger partial charge >= 0.3 is 0 Å². The van der Waals surface area contributed by atoms with Gasteiger partial charge in [-0.25, -0.2) is 0 Å². The standard InChI is InChI=1S/C30H48N4O/c1-19-6-9-26-20(2)28-27(34(26)18-19)17-25-23-8-7-21-16-22(35-15-5-14-32-33-31)10-12-29(21,3)24(23)11-13-30(25,28)4/h7,19-20,22-28H,5-6,8-18H2,1-4H3/t19-,20?,22-,23?,24?,25?,26?,27?,28?,29-,30-/m0/s1. The first kappa shape index (κ1) is 24.3. The van der Waals surface area contributed by atoms with Crippen LogP contribution in [0.25, 0.3) is 10.4 Å². The van der Waals surface area contributed by atoms with E-state index in [0.29, 0.717) is 23.5 Å². The second kappa shape index (κ2) is 9.07. The van der Waals surface area contributed by atoms with Crippen LogP contribution < -0.4 is 0 Å². The van der Waals surface area contributed by atoms with Gasteiger partial charge in [0.15, 0.2) is 0 Å². The third-order valence-electron chi connectivity index (χ3n) is 12.5. The second-order valence-corrected chi connectivity index (χ2v) is 14.0. The van der Waals surface area contributed by atoms with Crippen molar-refractivity contribution in [3.05, 3.63) is 22.1 Å². The predicted octanol–water partition coefficient (Wildman–Crippen LogP) is 7.38. The van der Waals surface area contributed by atoms with E-state index in [-0.39, 0.29) is 0 Å². The summed E-state index contributed by atoms with van der Waals surface area (Å²) in [5.74, 6) is 5.38. The van der Waals surface area contributed by atoms with Gasteiger partial charge in [-0.15, -0.1) is 0 Å². The topological polar surface area (TPSA) is 61.2 Å². The molecule has 5 heteroatoms. The highest BCUT2D eigenvalue weighted by molar-refractivity contribution is 5.27. The van der Waals surface area contributed by atoms with Crippen LogP contribution in [-0.2, 0) is 4.74 Å². The van der Waals surface area contributed by atoms with Gasteiger partial charge in [-0.05, 0) is 116 Å². The molecule has 0 bridgehead atoms. The molecule has 4 aliphatic carbocycles. The Morgan fingerprint density at radius 3 is 2.80 bits per heavy atom. The molecule has 6 rings (SSSR count). The van der Waals surface area contributed by atoms with E-state index in [1.807, 2.05) is 0 Å². The van der Waals surface area contributed by atoms with Gasteiger partial charge in [0, 0.05) is 36.7 Å². The maximum absolute atomic E-state index is 8.47. The quantitative estimate of drug-likeness (QED) is 0.135. The van der Waals surface area contributed by atoms with Crippen molar-refractivity contribution in [2.75, 3.05) is 19.7 Å². The van der Waals surface area contributed by atoms with Crippen molar-refractivity contribution in [1.82, 2.24) is 4.90 Å². The lowest BCUT2D eigenvalue weighted by atomic mass is 9.47. The number of fused-ring (bicyclic) bond motifs is 9. The zero-order chi connectivity index (χ0) is 24.4. The molecule has 0 aromatic carbocycles. The van der Waals surface area contributed by atoms with Gasteiger partial charge < -0.3 is 4.74 Å². The van der Waals surface area contributed by atoms with Crippen LogP contribution in [0.3, 0.4) is 0 Å². The fraction of sp³-hybridized carbons (Fsp3) is 0.933. The molecule has 0 aromatic heterocycles. The molecule has 2 saturated heterocycles. The summed E-state index contributed by atoms with van der Waals surface area (Å²) in [4.78, 5) is 5.88. The molecule has 0 radical (unpaired) electrons. The average molecular weight is 481 g/mol. The molecular weight excluding hydrogens is 432 g/mol. The minimum Gasteiger partial charge on any atom is -0.378 e. The van der Waals surface area contributed by atoms with Gasteiger partial charge in [-0.1, -0.05) is 44.5 Å². The number of nitrogens with zero attached hydrogens (tertiary/aromatic N) is 4. The highest BCUT2D eigenvalue weighted by atomic mass is 16.5. The van der Waals surface area contributed by atoms with Crippen molar-refractivity contribution in [3.63, 3.8) is 0 Å². The maximum atomic E-state index is 8.47. The van der Waals surface area contributed by atoms with Gasteiger partial charge in [-0.3, -0.25) is 4.90 Å². The smallest absolute Gasteiger partial charge is 0.0612 e. The van der Waals surface area contributed by atoms with E-state index < -0.39 is 0 Å². The Morgan fingerprint density at radius 1 is 1.11 bits per heavy atom. The maximum Gasteiger partial charge on any atom is 0.0612 e. The van der Waals surface area contributed by atoms with Gasteiger partial charge in [0.25, 0.3) is 0 Å². The Bertz CT molecular complexity index is 897. The van der Waals surface area contributed by atoms with Gasteiger partial charge in [0.1, 0.15) is 0 Å². The highest BCUT2D eigenvalue weighted by Crippen LogP contribution is 2.69. The lowest BCUT2D eigenvalue weighted by molar-refractivity contribution is -0.0640. The van der Waals surface area contributed by atoms with Crippen LogP contribution in [-0.4, -0.2) is 42.8 Å². The van der Waals surface area contributed by atoms with Crippen LogP contribution in [0.1, 0.15) is 91.9 Å². The van der Waals surface area contributed by atoms with E-state index in [1.165, 1.54) is 57.9 Å². The fourth-order valence-corrected chi connectivity index (χ4v) is 10.9. The second-order valence-electron chi connectivity index (χ2n) is 14.0. The van der Waals surface area contributed by atoms with E-state index in [9.17, 15) is 0 Å². The minimum absolute atomic E-state index is 0.357. The zero-order valence-electron chi connectivity index (χ0n) is 22.7. The summed E-state index contributed by atoms with van der Waals surface area (Å²) in [5, 5.41) is 3.65. The molecule has 0 spiro atoms. The summed E-state index contributed by atoms with van der Waals surface area (Å²) < 4.78 is 6.24. The van der Waals surface area contributed by atoms with Gasteiger partial charge in [-0.2, -0.15) is 0 Å². The SMILES string of the molecule is CC1C2CC[C@H](C)CN2C2CC3C4CC=C5C[C@@H](OCCCN=[N+]=[N-])CC[C@]5(C)C4CC[C@]3(C)C12. The van der Waals surface area contributed by atoms with Crippen molar-refractivity contribution >= 4 is 0 Å². The molecule has 0 amide bonds. The molecule has 5 nitrogen and oxygen atoms in total. The largest absolute Gasteiger partial charge is 0.378 e. The van der Waals surface area contributed by atoms with Crippen LogP contribution in [0, 0.1) is 46.3 Å². The Morgan fingerprint density at radius 2 is 1.97 bits per heavy atom. The first-order valence-electron chi connectivity index (χ1n) is 14.9. The minimum atomic E-state index is 0.357. The van der Waals surface area contributed by atoms with Crippen LogP contribution in [0.4, 0.5) is 0 Å². The summed E-state index contributed by atoms with van der Waals surface area (Å²) >= 11 is 0. The summed E-state index contributed by atoms with van der Waals surface area (Å²) in [6.07, 6.45) is 16.1. The van der Waals surface area contributed by atoms with Crippen LogP contribution in [0.2, 0.25) is 0 Å². The third-order valence-corrected chi connectivity index (χ3v) is 12.5. The monoisotopic (exact) mass is 480 g/mol. The van der Waals surface area contributed by atoms with Crippen molar-refractivity contribution in [2.45, 2.75) is 110 Å². The normalized spacial score (nSPS) is 50.7. The van der Waals surface area contributed by atoms with Crippen molar-refractivity contribution in [2.24, 2.45) is 51.5 Å². The summed E-state index contributed by atoms with van der Waals surface area (Å²) in [5.41, 5.74) is 11.1. The molecule has 194 valence electrons. The highest BCUT2D eigenvalue weighted by Gasteiger charge is 2.66. The number of azide groups is 1. The third kappa shape index (κ3) is 3.74. The van der Waals surface area contributed by atoms with Crippen molar-refractivity contribution in [3.8, 4) is 0 Å². The summed E-state index contributed by atoms with van der Waals surface area (Å²) in [6.45, 7) is 13.1. The van der Waals surface area contributed by atoms with Crippen molar-refractivity contribution < 1.29 is 4.74 Å². The Hall–Kier alpha value is -1.03. The molecule has 11 atom stereocenters. The first-order chi connectivity index (χ1) is 16.9. The average Bonchev–Trinajstić information content (AvgIpc) is 3.30. The first-order valence-corrected chi connectivity index (χ1v) is 14.9. The Balaban J connectivity index is 1.18. The number of allylic oxidation sites excluding steroid dienone is 1. The van der Waals surface area contributed by atoms with E-state index in [1.54, 1.807) is 5.57 Å². The number of hydrogen-bond donors (Lipinski definition) is 0. The Kier molecular flexibility index (Phi) is 6.30. The van der Waals surface area contributed by atoms with Crippen LogP contribution >= 0.6 is 0 Å².